The van der Waals surface area contributed by atoms with Crippen LogP contribution in [0.5, 0.6) is 0 Å². The third-order valence-electron chi connectivity index (χ3n) is 4.06. The number of amides is 1. The molecule has 0 saturated carbocycles. The van der Waals surface area contributed by atoms with E-state index in [0.29, 0.717) is 6.54 Å². The van der Waals surface area contributed by atoms with Crippen LogP contribution >= 0.6 is 0 Å². The third-order valence-corrected chi connectivity index (χ3v) is 4.06. The van der Waals surface area contributed by atoms with Gasteiger partial charge in [-0.1, -0.05) is 24.3 Å². The predicted molar refractivity (Wildman–Crippen MR) is 85.2 cm³/mol. The van der Waals surface area contributed by atoms with Crippen molar-refractivity contribution in [2.45, 2.75) is 25.9 Å². The Bertz CT molecular complexity index is 586. The lowest BCUT2D eigenvalue weighted by molar-refractivity contribution is -0.125. The fourth-order valence-electron chi connectivity index (χ4n) is 2.75. The number of carbonyl (C=O) groups excluding carboxylic acids is 1. The number of aromatic nitrogens is 2. The molecule has 1 atom stereocenters. The smallest absolute Gasteiger partial charge is 0.224 e. The van der Waals surface area contributed by atoms with Gasteiger partial charge in [-0.3, -0.25) is 9.48 Å². The molecule has 0 spiro atoms. The molecule has 22 heavy (non-hydrogen) atoms. The van der Waals surface area contributed by atoms with Crippen LogP contribution in [0.4, 0.5) is 0 Å². The minimum atomic E-state index is 0.118. The van der Waals surface area contributed by atoms with Crippen LogP contribution in [0.2, 0.25) is 0 Å². The third kappa shape index (κ3) is 3.95. The summed E-state index contributed by atoms with van der Waals surface area (Å²) in [6.45, 7) is 3.20. The van der Waals surface area contributed by atoms with Crippen LogP contribution in [0, 0.1) is 5.92 Å². The van der Waals surface area contributed by atoms with Crippen LogP contribution in [0.3, 0.4) is 0 Å². The first kappa shape index (κ1) is 14.8. The van der Waals surface area contributed by atoms with Gasteiger partial charge in [-0.25, -0.2) is 0 Å². The molecule has 1 amide bonds. The van der Waals surface area contributed by atoms with Crippen LogP contribution in [-0.4, -0.2) is 28.8 Å². The van der Waals surface area contributed by atoms with Crippen molar-refractivity contribution in [3.63, 3.8) is 0 Å². The van der Waals surface area contributed by atoms with Crippen molar-refractivity contribution in [2.75, 3.05) is 13.1 Å². The highest BCUT2D eigenvalue weighted by Gasteiger charge is 2.20. The summed E-state index contributed by atoms with van der Waals surface area (Å²) in [4.78, 5) is 12.1. The van der Waals surface area contributed by atoms with Crippen LogP contribution in [-0.2, 0) is 17.9 Å². The summed E-state index contributed by atoms with van der Waals surface area (Å²) in [5, 5.41) is 10.5. The zero-order valence-electron chi connectivity index (χ0n) is 12.7. The van der Waals surface area contributed by atoms with Crippen LogP contribution in [0.15, 0.2) is 42.7 Å². The summed E-state index contributed by atoms with van der Waals surface area (Å²) < 4.78 is 1.90. The number of benzene rings is 1. The van der Waals surface area contributed by atoms with Crippen molar-refractivity contribution in [1.82, 2.24) is 20.4 Å². The summed E-state index contributed by atoms with van der Waals surface area (Å²) in [6, 6.07) is 10.2. The van der Waals surface area contributed by atoms with E-state index in [1.54, 1.807) is 6.20 Å². The Balaban J connectivity index is 1.49. The highest BCUT2D eigenvalue weighted by Crippen LogP contribution is 2.11. The maximum Gasteiger partial charge on any atom is 0.224 e. The number of hydrogen-bond donors (Lipinski definition) is 2. The number of rotatable bonds is 5. The number of hydrogen-bond acceptors (Lipinski definition) is 3. The Morgan fingerprint density at radius 2 is 2.14 bits per heavy atom. The van der Waals surface area contributed by atoms with Crippen molar-refractivity contribution >= 4 is 5.91 Å². The molecule has 0 radical (unpaired) electrons. The largest absolute Gasteiger partial charge is 0.352 e. The molecule has 1 aliphatic heterocycles. The summed E-state index contributed by atoms with van der Waals surface area (Å²) >= 11 is 0. The van der Waals surface area contributed by atoms with Gasteiger partial charge in [-0.15, -0.1) is 0 Å². The van der Waals surface area contributed by atoms with E-state index < -0.39 is 0 Å². The normalized spacial score (nSPS) is 18.1. The Kier molecular flexibility index (Phi) is 4.85. The summed E-state index contributed by atoms with van der Waals surface area (Å²) in [6.07, 6.45) is 5.80. The van der Waals surface area contributed by atoms with E-state index >= 15 is 0 Å². The van der Waals surface area contributed by atoms with Gasteiger partial charge in [0.2, 0.25) is 5.91 Å². The lowest BCUT2D eigenvalue weighted by Crippen LogP contribution is -2.40. The zero-order chi connectivity index (χ0) is 15.2. The molecule has 0 aliphatic carbocycles. The van der Waals surface area contributed by atoms with Gasteiger partial charge >= 0.3 is 0 Å². The first-order valence-electron chi connectivity index (χ1n) is 7.85. The van der Waals surface area contributed by atoms with Gasteiger partial charge < -0.3 is 10.6 Å². The second-order valence-corrected chi connectivity index (χ2v) is 5.78. The summed E-state index contributed by atoms with van der Waals surface area (Å²) in [5.74, 6) is 0.278. The molecule has 2 N–H and O–H groups in total. The Morgan fingerprint density at radius 1 is 1.32 bits per heavy atom. The molecule has 116 valence electrons. The molecule has 1 fully saturated rings. The maximum absolute atomic E-state index is 12.1. The van der Waals surface area contributed by atoms with E-state index in [2.05, 4.69) is 40.0 Å². The molecular formula is C17H22N4O. The standard InChI is InChI=1S/C17H22N4O/c22-17(16-3-1-8-18-12-16)19-11-14-4-6-15(7-5-14)13-21-10-2-9-20-21/h2,4-7,9-10,16,18H,1,3,8,11-13H2,(H,19,22). The summed E-state index contributed by atoms with van der Waals surface area (Å²) in [7, 11) is 0. The van der Waals surface area contributed by atoms with Gasteiger partial charge in [0.25, 0.3) is 0 Å². The van der Waals surface area contributed by atoms with E-state index in [0.717, 1.165) is 38.0 Å². The van der Waals surface area contributed by atoms with Gasteiger partial charge in [0.15, 0.2) is 0 Å². The Morgan fingerprint density at radius 3 is 2.82 bits per heavy atom. The van der Waals surface area contributed by atoms with Crippen molar-refractivity contribution in [1.29, 1.82) is 0 Å². The molecule has 5 heteroatoms. The summed E-state index contributed by atoms with van der Waals surface area (Å²) in [5.41, 5.74) is 2.33. The van der Waals surface area contributed by atoms with Crippen molar-refractivity contribution < 1.29 is 4.79 Å². The highest BCUT2D eigenvalue weighted by atomic mass is 16.1. The minimum absolute atomic E-state index is 0.118. The van der Waals surface area contributed by atoms with Gasteiger partial charge in [-0.05, 0) is 36.6 Å². The second-order valence-electron chi connectivity index (χ2n) is 5.78. The van der Waals surface area contributed by atoms with E-state index in [1.165, 1.54) is 5.56 Å². The molecule has 2 aromatic rings. The topological polar surface area (TPSA) is 59.0 Å². The van der Waals surface area contributed by atoms with E-state index in [9.17, 15) is 4.79 Å². The van der Waals surface area contributed by atoms with E-state index in [4.69, 9.17) is 0 Å². The average Bonchev–Trinajstić information content (AvgIpc) is 3.08. The Hall–Kier alpha value is -2.14. The number of piperidine rings is 1. The molecular weight excluding hydrogens is 276 g/mol. The predicted octanol–water partition coefficient (Wildman–Crippen LogP) is 1.55. The van der Waals surface area contributed by atoms with Crippen LogP contribution in [0.25, 0.3) is 0 Å². The molecule has 5 nitrogen and oxygen atoms in total. The molecule has 1 unspecified atom stereocenters. The molecule has 1 aromatic heterocycles. The number of nitrogens with zero attached hydrogens (tertiary/aromatic N) is 2. The maximum atomic E-state index is 12.1. The monoisotopic (exact) mass is 298 g/mol. The Labute approximate surface area is 130 Å². The van der Waals surface area contributed by atoms with E-state index in [-0.39, 0.29) is 11.8 Å². The molecule has 0 bridgehead atoms. The van der Waals surface area contributed by atoms with Crippen molar-refractivity contribution in [3.05, 3.63) is 53.9 Å². The average molecular weight is 298 g/mol. The first-order chi connectivity index (χ1) is 10.8. The quantitative estimate of drug-likeness (QED) is 0.880. The second kappa shape index (κ2) is 7.22. The number of carbonyl (C=O) groups is 1. The van der Waals surface area contributed by atoms with E-state index in [1.807, 2.05) is 16.9 Å². The number of nitrogens with one attached hydrogen (secondary N) is 2. The van der Waals surface area contributed by atoms with Gasteiger partial charge in [0, 0.05) is 25.5 Å². The minimum Gasteiger partial charge on any atom is -0.352 e. The molecule has 2 heterocycles. The zero-order valence-corrected chi connectivity index (χ0v) is 12.7. The van der Waals surface area contributed by atoms with Gasteiger partial charge in [0.1, 0.15) is 0 Å². The lowest BCUT2D eigenvalue weighted by atomic mass is 9.99. The SMILES string of the molecule is O=C(NCc1ccc(Cn2cccn2)cc1)C1CCCNC1. The molecule has 1 aromatic carbocycles. The first-order valence-corrected chi connectivity index (χ1v) is 7.85. The molecule has 1 saturated heterocycles. The van der Waals surface area contributed by atoms with Gasteiger partial charge in [0.05, 0.1) is 12.5 Å². The fourth-order valence-corrected chi connectivity index (χ4v) is 2.75. The van der Waals surface area contributed by atoms with Crippen molar-refractivity contribution in [3.8, 4) is 0 Å². The highest BCUT2D eigenvalue weighted by molar-refractivity contribution is 5.78. The van der Waals surface area contributed by atoms with Crippen LogP contribution < -0.4 is 10.6 Å². The fraction of sp³-hybridized carbons (Fsp3) is 0.412. The molecule has 1 aliphatic rings. The van der Waals surface area contributed by atoms with Crippen molar-refractivity contribution in [2.24, 2.45) is 5.92 Å². The molecule has 3 rings (SSSR count). The van der Waals surface area contributed by atoms with Crippen LogP contribution in [0.1, 0.15) is 24.0 Å². The lowest BCUT2D eigenvalue weighted by Gasteiger charge is -2.21. The van der Waals surface area contributed by atoms with Gasteiger partial charge in [-0.2, -0.15) is 5.10 Å².